The summed E-state index contributed by atoms with van der Waals surface area (Å²) in [4.78, 5) is 9.85. The minimum Gasteiger partial charge on any atom is -0.385 e. The van der Waals surface area contributed by atoms with Gasteiger partial charge in [0.25, 0.3) is 0 Å². The number of rotatable bonds is 14. The van der Waals surface area contributed by atoms with Crippen LogP contribution in [0.1, 0.15) is 59.3 Å². The van der Waals surface area contributed by atoms with Crippen LogP contribution in [0.15, 0.2) is 4.99 Å². The van der Waals surface area contributed by atoms with Gasteiger partial charge in [-0.05, 0) is 65.1 Å². The van der Waals surface area contributed by atoms with Crippen molar-refractivity contribution in [1.82, 2.24) is 15.1 Å². The SMILES string of the molecule is CCCN(CCC)CCCN=C(NCC)N1CCC(OCCCOC)CC1.I. The van der Waals surface area contributed by atoms with Gasteiger partial charge < -0.3 is 24.6 Å². The molecule has 0 bridgehead atoms. The van der Waals surface area contributed by atoms with E-state index in [0.29, 0.717) is 6.10 Å². The van der Waals surface area contributed by atoms with Crippen LogP contribution in [-0.2, 0) is 9.47 Å². The third-order valence-electron chi connectivity index (χ3n) is 4.90. The minimum absolute atomic E-state index is 0. The van der Waals surface area contributed by atoms with Crippen LogP contribution < -0.4 is 5.32 Å². The molecule has 0 saturated carbocycles. The number of nitrogens with zero attached hydrogens (tertiary/aromatic N) is 3. The average Bonchev–Trinajstić information content (AvgIpc) is 2.68. The molecule has 0 aromatic carbocycles. The van der Waals surface area contributed by atoms with Crippen LogP contribution in [0.5, 0.6) is 0 Å². The number of piperidine rings is 1. The highest BCUT2D eigenvalue weighted by Gasteiger charge is 2.21. The van der Waals surface area contributed by atoms with Crippen molar-refractivity contribution in [2.45, 2.75) is 65.4 Å². The summed E-state index contributed by atoms with van der Waals surface area (Å²) in [6, 6.07) is 0. The van der Waals surface area contributed by atoms with E-state index in [1.807, 2.05) is 0 Å². The van der Waals surface area contributed by atoms with Gasteiger partial charge in [-0.15, -0.1) is 24.0 Å². The van der Waals surface area contributed by atoms with Crippen molar-refractivity contribution < 1.29 is 9.47 Å². The molecule has 1 rings (SSSR count). The summed E-state index contributed by atoms with van der Waals surface area (Å²) >= 11 is 0. The van der Waals surface area contributed by atoms with Crippen LogP contribution in [0.4, 0.5) is 0 Å². The quantitative estimate of drug-likeness (QED) is 0.167. The van der Waals surface area contributed by atoms with Crippen LogP contribution in [0.3, 0.4) is 0 Å². The molecule has 0 radical (unpaired) electrons. The van der Waals surface area contributed by atoms with E-state index in [1.165, 1.54) is 25.9 Å². The highest BCUT2D eigenvalue weighted by atomic mass is 127. The molecule has 0 amide bonds. The molecule has 0 unspecified atom stereocenters. The Morgan fingerprint density at radius 1 is 1.04 bits per heavy atom. The highest BCUT2D eigenvalue weighted by Crippen LogP contribution is 2.14. The fourth-order valence-corrected chi connectivity index (χ4v) is 3.56. The van der Waals surface area contributed by atoms with E-state index in [-0.39, 0.29) is 24.0 Å². The van der Waals surface area contributed by atoms with Crippen LogP contribution in [0.25, 0.3) is 0 Å². The summed E-state index contributed by atoms with van der Waals surface area (Å²) in [5.74, 6) is 1.08. The molecule has 1 N–H and O–H groups in total. The van der Waals surface area contributed by atoms with Crippen molar-refractivity contribution in [3.8, 4) is 0 Å². The Morgan fingerprint density at radius 2 is 1.71 bits per heavy atom. The number of hydrogen-bond acceptors (Lipinski definition) is 4. The van der Waals surface area contributed by atoms with E-state index in [9.17, 15) is 0 Å². The first-order valence-electron chi connectivity index (χ1n) is 11.1. The summed E-state index contributed by atoms with van der Waals surface area (Å²) in [5.41, 5.74) is 0. The van der Waals surface area contributed by atoms with Gasteiger partial charge in [0, 0.05) is 46.5 Å². The Bertz CT molecular complexity index is 371. The predicted octanol–water partition coefficient (Wildman–Crippen LogP) is 3.60. The zero-order valence-electron chi connectivity index (χ0n) is 18.8. The maximum absolute atomic E-state index is 5.97. The third-order valence-corrected chi connectivity index (χ3v) is 4.90. The summed E-state index contributed by atoms with van der Waals surface area (Å²) < 4.78 is 11.1. The lowest BCUT2D eigenvalue weighted by atomic mass is 10.1. The Morgan fingerprint density at radius 3 is 2.29 bits per heavy atom. The fraction of sp³-hybridized carbons (Fsp3) is 0.952. The summed E-state index contributed by atoms with van der Waals surface area (Å²) in [6.07, 6.45) is 7.12. The molecule has 0 aromatic rings. The Labute approximate surface area is 190 Å². The summed E-state index contributed by atoms with van der Waals surface area (Å²) in [5, 5.41) is 3.47. The number of hydrogen-bond donors (Lipinski definition) is 1. The molecule has 1 aliphatic heterocycles. The minimum atomic E-state index is 0. The largest absolute Gasteiger partial charge is 0.385 e. The van der Waals surface area contributed by atoms with Gasteiger partial charge in [-0.25, -0.2) is 0 Å². The maximum Gasteiger partial charge on any atom is 0.193 e. The monoisotopic (exact) mass is 512 g/mol. The topological polar surface area (TPSA) is 49.3 Å². The van der Waals surface area contributed by atoms with E-state index in [2.05, 4.69) is 35.9 Å². The summed E-state index contributed by atoms with van der Waals surface area (Å²) in [7, 11) is 1.74. The second kappa shape index (κ2) is 18.9. The van der Waals surface area contributed by atoms with Gasteiger partial charge in [0.1, 0.15) is 0 Å². The Hall–Kier alpha value is -0.120. The van der Waals surface area contributed by atoms with Crippen molar-refractivity contribution >= 4 is 29.9 Å². The lowest BCUT2D eigenvalue weighted by Crippen LogP contribution is -2.47. The van der Waals surface area contributed by atoms with Crippen LogP contribution in [-0.4, -0.2) is 88.0 Å². The number of guanidine groups is 1. The molecule has 1 heterocycles. The van der Waals surface area contributed by atoms with E-state index in [1.54, 1.807) is 7.11 Å². The molecule has 0 atom stereocenters. The molecule has 168 valence electrons. The molecule has 28 heavy (non-hydrogen) atoms. The standard InChI is InChI=1S/C21H44N4O2.HI/c1-5-13-24(14-6-2)15-8-12-23-21(22-7-3)25-16-10-20(11-17-25)27-19-9-18-26-4;/h20H,5-19H2,1-4H3,(H,22,23);1H. The second-order valence-corrected chi connectivity index (χ2v) is 7.33. The number of nitrogens with one attached hydrogen (secondary N) is 1. The first-order valence-corrected chi connectivity index (χ1v) is 11.1. The number of likely N-dealkylation sites (tertiary alicyclic amines) is 1. The predicted molar refractivity (Wildman–Crippen MR) is 130 cm³/mol. The van der Waals surface area contributed by atoms with Gasteiger partial charge in [-0.2, -0.15) is 0 Å². The molecule has 1 fully saturated rings. The van der Waals surface area contributed by atoms with Crippen molar-refractivity contribution in [3.05, 3.63) is 0 Å². The van der Waals surface area contributed by atoms with Crippen molar-refractivity contribution in [1.29, 1.82) is 0 Å². The Kier molecular flexibility index (Phi) is 18.8. The van der Waals surface area contributed by atoms with Gasteiger partial charge in [-0.3, -0.25) is 4.99 Å². The van der Waals surface area contributed by atoms with E-state index >= 15 is 0 Å². The van der Waals surface area contributed by atoms with E-state index in [4.69, 9.17) is 14.5 Å². The zero-order valence-corrected chi connectivity index (χ0v) is 21.1. The molecule has 0 aliphatic carbocycles. The van der Waals surface area contributed by atoms with Gasteiger partial charge in [0.05, 0.1) is 6.10 Å². The lowest BCUT2D eigenvalue weighted by Gasteiger charge is -2.34. The maximum atomic E-state index is 5.97. The van der Waals surface area contributed by atoms with Gasteiger partial charge in [-0.1, -0.05) is 13.8 Å². The van der Waals surface area contributed by atoms with Crippen molar-refractivity contribution in [2.24, 2.45) is 4.99 Å². The zero-order chi connectivity index (χ0) is 19.7. The molecule has 1 saturated heterocycles. The first kappa shape index (κ1) is 27.9. The molecular weight excluding hydrogens is 467 g/mol. The van der Waals surface area contributed by atoms with Crippen LogP contribution in [0.2, 0.25) is 0 Å². The van der Waals surface area contributed by atoms with Crippen LogP contribution in [0, 0.1) is 0 Å². The molecule has 0 spiro atoms. The number of aliphatic imine (C=N–C) groups is 1. The van der Waals surface area contributed by atoms with Crippen molar-refractivity contribution in [2.75, 3.05) is 66.1 Å². The average molecular weight is 513 g/mol. The van der Waals surface area contributed by atoms with Crippen molar-refractivity contribution in [3.63, 3.8) is 0 Å². The molecule has 6 nitrogen and oxygen atoms in total. The smallest absolute Gasteiger partial charge is 0.193 e. The van der Waals surface area contributed by atoms with Crippen LogP contribution >= 0.6 is 24.0 Å². The summed E-state index contributed by atoms with van der Waals surface area (Å²) in [6.45, 7) is 15.7. The lowest BCUT2D eigenvalue weighted by molar-refractivity contribution is 0.00990. The number of methoxy groups -OCH3 is 1. The van der Waals surface area contributed by atoms with Gasteiger partial charge in [0.2, 0.25) is 0 Å². The van der Waals surface area contributed by atoms with E-state index < -0.39 is 0 Å². The molecular formula is C21H45IN4O2. The third kappa shape index (κ3) is 12.4. The Balaban J connectivity index is 0.00000729. The highest BCUT2D eigenvalue weighted by molar-refractivity contribution is 14.0. The first-order chi connectivity index (χ1) is 13.2. The molecule has 1 aliphatic rings. The van der Waals surface area contributed by atoms with Gasteiger partial charge in [0.15, 0.2) is 5.96 Å². The second-order valence-electron chi connectivity index (χ2n) is 7.33. The molecule has 0 aromatic heterocycles. The van der Waals surface area contributed by atoms with E-state index in [0.717, 1.165) is 77.6 Å². The molecule has 7 heteroatoms. The number of halogens is 1. The number of ether oxygens (including phenoxy) is 2. The normalized spacial score (nSPS) is 15.8. The fourth-order valence-electron chi connectivity index (χ4n) is 3.56. The van der Waals surface area contributed by atoms with Gasteiger partial charge >= 0.3 is 0 Å².